The summed E-state index contributed by atoms with van der Waals surface area (Å²) in [6.45, 7) is 3.83. The lowest BCUT2D eigenvalue weighted by atomic mass is 10.1. The first-order valence-electron chi connectivity index (χ1n) is 9.51. The Balaban J connectivity index is 1.56. The molecule has 6 heteroatoms. The first-order chi connectivity index (χ1) is 14.5. The maximum Gasteiger partial charge on any atom is 0.262 e. The summed E-state index contributed by atoms with van der Waals surface area (Å²) in [7, 11) is 1.55. The number of aryl methyl sites for hydroxylation is 1. The van der Waals surface area contributed by atoms with Crippen molar-refractivity contribution in [2.24, 2.45) is 0 Å². The molecule has 2 N–H and O–H groups in total. The van der Waals surface area contributed by atoms with Gasteiger partial charge >= 0.3 is 0 Å². The van der Waals surface area contributed by atoms with E-state index in [-0.39, 0.29) is 18.4 Å². The molecule has 0 fully saturated rings. The molecule has 0 saturated heterocycles. The topological polar surface area (TPSA) is 76.7 Å². The zero-order chi connectivity index (χ0) is 21.5. The van der Waals surface area contributed by atoms with Gasteiger partial charge in [0.2, 0.25) is 0 Å². The second kappa shape index (κ2) is 9.60. The Morgan fingerprint density at radius 2 is 1.53 bits per heavy atom. The van der Waals surface area contributed by atoms with Gasteiger partial charge < -0.3 is 20.1 Å². The van der Waals surface area contributed by atoms with Gasteiger partial charge in [0, 0.05) is 11.3 Å². The first kappa shape index (κ1) is 20.9. The van der Waals surface area contributed by atoms with Gasteiger partial charge in [0.05, 0.1) is 12.8 Å². The smallest absolute Gasteiger partial charge is 0.262 e. The number of methoxy groups -OCH3 is 1. The normalized spacial score (nSPS) is 10.2. The molecule has 3 rings (SSSR count). The van der Waals surface area contributed by atoms with Gasteiger partial charge in [-0.05, 0) is 67.4 Å². The highest BCUT2D eigenvalue weighted by molar-refractivity contribution is 6.05. The number of rotatable bonds is 7. The molecule has 0 bridgehead atoms. The minimum absolute atomic E-state index is 0.125. The van der Waals surface area contributed by atoms with Crippen LogP contribution < -0.4 is 20.1 Å². The van der Waals surface area contributed by atoms with E-state index in [1.807, 2.05) is 44.2 Å². The Morgan fingerprint density at radius 3 is 2.27 bits per heavy atom. The summed E-state index contributed by atoms with van der Waals surface area (Å²) in [5.41, 5.74) is 3.96. The van der Waals surface area contributed by atoms with Crippen molar-refractivity contribution in [2.45, 2.75) is 13.8 Å². The SMILES string of the molecule is COc1ccccc1NC(=O)c1ccc(OCC(=O)Nc2cccc(C)c2C)cc1. The highest BCUT2D eigenvalue weighted by Crippen LogP contribution is 2.24. The minimum atomic E-state index is -0.265. The molecule has 0 aliphatic heterocycles. The zero-order valence-corrected chi connectivity index (χ0v) is 17.2. The summed E-state index contributed by atoms with van der Waals surface area (Å²) in [6, 6.07) is 19.5. The number of nitrogens with one attached hydrogen (secondary N) is 2. The maximum absolute atomic E-state index is 12.5. The summed E-state index contributed by atoms with van der Waals surface area (Å²) in [6.07, 6.45) is 0. The van der Waals surface area contributed by atoms with Crippen molar-refractivity contribution in [1.82, 2.24) is 0 Å². The van der Waals surface area contributed by atoms with Crippen LogP contribution in [0.25, 0.3) is 0 Å². The molecule has 0 aliphatic rings. The van der Waals surface area contributed by atoms with Crippen molar-refractivity contribution in [3.63, 3.8) is 0 Å². The minimum Gasteiger partial charge on any atom is -0.495 e. The number of hydrogen-bond acceptors (Lipinski definition) is 4. The van der Waals surface area contributed by atoms with Crippen molar-refractivity contribution in [2.75, 3.05) is 24.4 Å². The van der Waals surface area contributed by atoms with Crippen LogP contribution in [0.5, 0.6) is 11.5 Å². The van der Waals surface area contributed by atoms with E-state index in [1.54, 1.807) is 43.5 Å². The molecular weight excluding hydrogens is 380 g/mol. The molecule has 0 radical (unpaired) electrons. The molecule has 0 heterocycles. The highest BCUT2D eigenvalue weighted by atomic mass is 16.5. The largest absolute Gasteiger partial charge is 0.495 e. The third-order valence-corrected chi connectivity index (χ3v) is 4.72. The van der Waals surface area contributed by atoms with Crippen molar-refractivity contribution in [3.05, 3.63) is 83.4 Å². The van der Waals surface area contributed by atoms with E-state index in [1.165, 1.54) is 0 Å². The van der Waals surface area contributed by atoms with E-state index in [2.05, 4.69) is 10.6 Å². The number of amides is 2. The van der Waals surface area contributed by atoms with E-state index in [4.69, 9.17) is 9.47 Å². The Bertz CT molecular complexity index is 1050. The molecule has 2 amide bonds. The molecule has 0 aromatic heterocycles. The van der Waals surface area contributed by atoms with Crippen LogP contribution in [-0.4, -0.2) is 25.5 Å². The van der Waals surface area contributed by atoms with E-state index < -0.39 is 0 Å². The van der Waals surface area contributed by atoms with Gasteiger partial charge in [0.15, 0.2) is 6.61 Å². The molecule has 0 saturated carbocycles. The van der Waals surface area contributed by atoms with Crippen molar-refractivity contribution >= 4 is 23.2 Å². The van der Waals surface area contributed by atoms with Crippen LogP contribution in [0.2, 0.25) is 0 Å². The average molecular weight is 404 g/mol. The number of anilines is 2. The van der Waals surface area contributed by atoms with Crippen LogP contribution in [0.3, 0.4) is 0 Å². The van der Waals surface area contributed by atoms with Crippen LogP contribution >= 0.6 is 0 Å². The molecule has 6 nitrogen and oxygen atoms in total. The molecule has 0 atom stereocenters. The second-order valence-corrected chi connectivity index (χ2v) is 6.76. The number of benzene rings is 3. The van der Waals surface area contributed by atoms with Gasteiger partial charge in [-0.2, -0.15) is 0 Å². The van der Waals surface area contributed by atoms with Crippen molar-refractivity contribution in [3.8, 4) is 11.5 Å². The quantitative estimate of drug-likeness (QED) is 0.604. The molecule has 3 aromatic rings. The average Bonchev–Trinajstić information content (AvgIpc) is 2.76. The fraction of sp³-hybridized carbons (Fsp3) is 0.167. The number of hydrogen-bond donors (Lipinski definition) is 2. The fourth-order valence-electron chi connectivity index (χ4n) is 2.87. The van der Waals surface area contributed by atoms with Crippen molar-refractivity contribution < 1.29 is 19.1 Å². The molecule has 3 aromatic carbocycles. The fourth-order valence-corrected chi connectivity index (χ4v) is 2.87. The lowest BCUT2D eigenvalue weighted by Crippen LogP contribution is -2.20. The Morgan fingerprint density at radius 1 is 0.833 bits per heavy atom. The predicted molar refractivity (Wildman–Crippen MR) is 117 cm³/mol. The highest BCUT2D eigenvalue weighted by Gasteiger charge is 2.10. The lowest BCUT2D eigenvalue weighted by Gasteiger charge is -2.12. The van der Waals surface area contributed by atoms with E-state index >= 15 is 0 Å². The van der Waals surface area contributed by atoms with Crippen LogP contribution in [0.4, 0.5) is 11.4 Å². The van der Waals surface area contributed by atoms with Gasteiger partial charge in [-0.1, -0.05) is 24.3 Å². The van der Waals surface area contributed by atoms with E-state index in [0.29, 0.717) is 22.7 Å². The van der Waals surface area contributed by atoms with Crippen LogP contribution in [0.15, 0.2) is 66.7 Å². The lowest BCUT2D eigenvalue weighted by molar-refractivity contribution is -0.118. The zero-order valence-electron chi connectivity index (χ0n) is 17.2. The number of ether oxygens (including phenoxy) is 2. The van der Waals surface area contributed by atoms with Gasteiger partial charge in [0.1, 0.15) is 11.5 Å². The van der Waals surface area contributed by atoms with Crippen LogP contribution in [0.1, 0.15) is 21.5 Å². The van der Waals surface area contributed by atoms with E-state index in [9.17, 15) is 9.59 Å². The monoisotopic (exact) mass is 404 g/mol. The van der Waals surface area contributed by atoms with Gasteiger partial charge in [-0.15, -0.1) is 0 Å². The Hall–Kier alpha value is -3.80. The number of carbonyl (C=O) groups excluding carboxylic acids is 2. The maximum atomic E-state index is 12.5. The van der Waals surface area contributed by atoms with Crippen LogP contribution in [-0.2, 0) is 4.79 Å². The number of para-hydroxylation sites is 2. The summed E-state index contributed by atoms with van der Waals surface area (Å²) in [5.74, 6) is 0.570. The van der Waals surface area contributed by atoms with E-state index in [0.717, 1.165) is 16.8 Å². The Labute approximate surface area is 175 Å². The van der Waals surface area contributed by atoms with Crippen molar-refractivity contribution in [1.29, 1.82) is 0 Å². The van der Waals surface area contributed by atoms with Gasteiger partial charge in [-0.25, -0.2) is 0 Å². The van der Waals surface area contributed by atoms with Gasteiger partial charge in [0.25, 0.3) is 11.8 Å². The number of carbonyl (C=O) groups is 2. The van der Waals surface area contributed by atoms with Gasteiger partial charge in [-0.3, -0.25) is 9.59 Å². The Kier molecular flexibility index (Phi) is 6.70. The predicted octanol–water partition coefficient (Wildman–Crippen LogP) is 4.58. The summed E-state index contributed by atoms with van der Waals surface area (Å²) in [5, 5.41) is 5.66. The molecule has 154 valence electrons. The molecule has 0 spiro atoms. The molecule has 0 unspecified atom stereocenters. The molecule has 0 aliphatic carbocycles. The molecular formula is C24H24N2O4. The third kappa shape index (κ3) is 5.17. The second-order valence-electron chi connectivity index (χ2n) is 6.76. The third-order valence-electron chi connectivity index (χ3n) is 4.72. The standard InChI is InChI=1S/C24H24N2O4/c1-16-7-6-9-20(17(16)2)25-23(27)15-30-19-13-11-18(12-14-19)24(28)26-21-8-4-5-10-22(21)29-3/h4-14H,15H2,1-3H3,(H,25,27)(H,26,28). The summed E-state index contributed by atoms with van der Waals surface area (Å²) in [4.78, 5) is 24.6. The first-order valence-corrected chi connectivity index (χ1v) is 9.51. The van der Waals surface area contributed by atoms with Crippen LogP contribution in [0, 0.1) is 13.8 Å². The summed E-state index contributed by atoms with van der Waals surface area (Å²) >= 11 is 0. The summed E-state index contributed by atoms with van der Waals surface area (Å²) < 4.78 is 10.8. The molecule has 30 heavy (non-hydrogen) atoms.